The summed E-state index contributed by atoms with van der Waals surface area (Å²) in [4.78, 5) is 2.14. The predicted molar refractivity (Wildman–Crippen MR) is 78.8 cm³/mol. The van der Waals surface area contributed by atoms with Gasteiger partial charge in [-0.15, -0.1) is 0 Å². The average Bonchev–Trinajstić information content (AvgIpc) is 2.90. The first kappa shape index (κ1) is 14.2. The Morgan fingerprint density at radius 1 is 1.42 bits per heavy atom. The van der Waals surface area contributed by atoms with E-state index in [9.17, 15) is 5.11 Å². The van der Waals surface area contributed by atoms with E-state index in [1.165, 1.54) is 0 Å². The molecule has 5 heteroatoms. The number of rotatable bonds is 6. The van der Waals surface area contributed by atoms with Crippen LogP contribution in [0, 0.1) is 0 Å². The Kier molecular flexibility index (Phi) is 5.13. The molecule has 102 valence electrons. The monoisotopic (exact) mass is 323 g/mol. The van der Waals surface area contributed by atoms with Crippen LogP contribution in [0.5, 0.6) is 0 Å². The molecule has 0 aliphatic heterocycles. The fourth-order valence-corrected chi connectivity index (χ4v) is 2.48. The summed E-state index contributed by atoms with van der Waals surface area (Å²) in [6.07, 6.45) is 3.72. The minimum atomic E-state index is 0.00747. The molecule has 1 aromatic carbocycles. The highest BCUT2D eigenvalue weighted by molar-refractivity contribution is 9.10. The molecule has 19 heavy (non-hydrogen) atoms. The molecule has 1 N–H and O–H groups in total. The molecule has 0 spiro atoms. The number of nitrogens with zero attached hydrogens (tertiary/aromatic N) is 3. The first-order chi connectivity index (χ1) is 9.20. The Labute approximate surface area is 121 Å². The molecule has 0 bridgehead atoms. The maximum absolute atomic E-state index is 9.62. The van der Waals surface area contributed by atoms with Crippen LogP contribution in [0.1, 0.15) is 11.6 Å². The van der Waals surface area contributed by atoms with Gasteiger partial charge in [0, 0.05) is 23.4 Å². The van der Waals surface area contributed by atoms with Gasteiger partial charge in [0.25, 0.3) is 0 Å². The summed E-state index contributed by atoms with van der Waals surface area (Å²) in [5.74, 6) is 0. The number of hydrogen-bond donors (Lipinski definition) is 1. The van der Waals surface area contributed by atoms with Crippen molar-refractivity contribution in [1.82, 2.24) is 14.7 Å². The Hall–Kier alpha value is -1.17. The van der Waals surface area contributed by atoms with Crippen LogP contribution in [0.2, 0.25) is 0 Å². The molecule has 2 rings (SSSR count). The van der Waals surface area contributed by atoms with Crippen LogP contribution in [-0.4, -0.2) is 40.0 Å². The molecule has 1 aromatic heterocycles. The zero-order valence-corrected chi connectivity index (χ0v) is 12.5. The molecule has 0 radical (unpaired) electrons. The van der Waals surface area contributed by atoms with E-state index in [2.05, 4.69) is 25.9 Å². The molecule has 0 saturated heterocycles. The summed E-state index contributed by atoms with van der Waals surface area (Å²) >= 11 is 3.46. The molecule has 0 amide bonds. The summed E-state index contributed by atoms with van der Waals surface area (Å²) < 4.78 is 2.93. The van der Waals surface area contributed by atoms with Gasteiger partial charge in [-0.25, -0.2) is 0 Å². The van der Waals surface area contributed by atoms with E-state index in [1.54, 1.807) is 6.20 Å². The minimum absolute atomic E-state index is 0.00747. The lowest BCUT2D eigenvalue weighted by molar-refractivity contribution is 0.143. The lowest BCUT2D eigenvalue weighted by atomic mass is 10.1. The maximum Gasteiger partial charge on any atom is 0.0628 e. The van der Waals surface area contributed by atoms with Gasteiger partial charge < -0.3 is 5.11 Å². The fourth-order valence-electron chi connectivity index (χ4n) is 2.06. The lowest BCUT2D eigenvalue weighted by Crippen LogP contribution is -2.30. The molecule has 4 nitrogen and oxygen atoms in total. The van der Waals surface area contributed by atoms with E-state index in [4.69, 9.17) is 0 Å². The quantitative estimate of drug-likeness (QED) is 0.887. The van der Waals surface area contributed by atoms with Crippen LogP contribution in [0.3, 0.4) is 0 Å². The van der Waals surface area contributed by atoms with E-state index in [0.717, 1.165) is 23.1 Å². The normalized spacial score (nSPS) is 12.8. The van der Waals surface area contributed by atoms with Crippen molar-refractivity contribution in [2.24, 2.45) is 0 Å². The summed E-state index contributed by atoms with van der Waals surface area (Å²) in [7, 11) is 2.02. The van der Waals surface area contributed by atoms with Crippen LogP contribution in [0.4, 0.5) is 0 Å². The molecular formula is C14H18BrN3O. The van der Waals surface area contributed by atoms with Gasteiger partial charge in [-0.05, 0) is 30.8 Å². The van der Waals surface area contributed by atoms with Crippen LogP contribution >= 0.6 is 15.9 Å². The van der Waals surface area contributed by atoms with E-state index >= 15 is 0 Å². The van der Waals surface area contributed by atoms with Gasteiger partial charge in [-0.1, -0.05) is 28.1 Å². The predicted octanol–water partition coefficient (Wildman–Crippen LogP) is 2.31. The van der Waals surface area contributed by atoms with E-state index in [0.29, 0.717) is 0 Å². The zero-order chi connectivity index (χ0) is 13.7. The van der Waals surface area contributed by atoms with E-state index in [1.807, 2.05) is 48.3 Å². The minimum Gasteiger partial charge on any atom is -0.394 e. The Balaban J connectivity index is 2.00. The van der Waals surface area contributed by atoms with Gasteiger partial charge in [0.2, 0.25) is 0 Å². The highest BCUT2D eigenvalue weighted by atomic mass is 79.9. The molecule has 0 aliphatic carbocycles. The van der Waals surface area contributed by atoms with Gasteiger partial charge in [0.05, 0.1) is 19.2 Å². The van der Waals surface area contributed by atoms with Crippen molar-refractivity contribution < 1.29 is 5.11 Å². The van der Waals surface area contributed by atoms with Crippen molar-refractivity contribution in [3.8, 4) is 0 Å². The van der Waals surface area contributed by atoms with Crippen molar-refractivity contribution in [2.45, 2.75) is 12.6 Å². The second kappa shape index (κ2) is 6.84. The molecule has 0 saturated carbocycles. The molecule has 1 atom stereocenters. The lowest BCUT2D eigenvalue weighted by Gasteiger charge is -2.27. The van der Waals surface area contributed by atoms with Crippen molar-refractivity contribution in [2.75, 3.05) is 20.2 Å². The second-order valence-corrected chi connectivity index (χ2v) is 5.42. The standard InChI is InChI=1S/C14H18BrN3O/c1-17(8-9-18-7-3-6-16-18)14(11-19)12-4-2-5-13(15)10-12/h2-7,10,14,19H,8-9,11H2,1H3. The topological polar surface area (TPSA) is 41.3 Å². The number of aromatic nitrogens is 2. The van der Waals surface area contributed by atoms with Gasteiger partial charge in [-0.3, -0.25) is 9.58 Å². The number of benzene rings is 1. The van der Waals surface area contributed by atoms with Crippen molar-refractivity contribution in [3.63, 3.8) is 0 Å². The first-order valence-corrected chi connectivity index (χ1v) is 7.04. The smallest absolute Gasteiger partial charge is 0.0628 e. The van der Waals surface area contributed by atoms with Crippen LogP contribution in [0.25, 0.3) is 0 Å². The maximum atomic E-state index is 9.62. The third kappa shape index (κ3) is 3.89. The van der Waals surface area contributed by atoms with Gasteiger partial charge in [-0.2, -0.15) is 5.10 Å². The summed E-state index contributed by atoms with van der Waals surface area (Å²) in [5, 5.41) is 13.8. The van der Waals surface area contributed by atoms with E-state index in [-0.39, 0.29) is 12.6 Å². The molecule has 1 unspecified atom stereocenters. The van der Waals surface area contributed by atoms with Gasteiger partial charge in [0.1, 0.15) is 0 Å². The third-order valence-corrected chi connectivity index (χ3v) is 3.67. The largest absolute Gasteiger partial charge is 0.394 e. The van der Waals surface area contributed by atoms with Crippen LogP contribution in [0.15, 0.2) is 47.2 Å². The molecule has 0 aliphatic rings. The summed E-state index contributed by atoms with van der Waals surface area (Å²) in [6.45, 7) is 1.75. The van der Waals surface area contributed by atoms with Crippen molar-refractivity contribution in [3.05, 3.63) is 52.8 Å². The fraction of sp³-hybridized carbons (Fsp3) is 0.357. The Morgan fingerprint density at radius 3 is 2.89 bits per heavy atom. The molecule has 0 fully saturated rings. The Morgan fingerprint density at radius 2 is 2.26 bits per heavy atom. The Bertz CT molecular complexity index is 501. The third-order valence-electron chi connectivity index (χ3n) is 3.18. The first-order valence-electron chi connectivity index (χ1n) is 6.24. The SMILES string of the molecule is CN(CCn1cccn1)C(CO)c1cccc(Br)c1. The number of halogens is 1. The van der Waals surface area contributed by atoms with Gasteiger partial charge >= 0.3 is 0 Å². The number of aliphatic hydroxyl groups is 1. The van der Waals surface area contributed by atoms with Crippen molar-refractivity contribution >= 4 is 15.9 Å². The number of aliphatic hydroxyl groups excluding tert-OH is 1. The average molecular weight is 324 g/mol. The summed E-state index contributed by atoms with van der Waals surface area (Å²) in [6, 6.07) is 9.98. The summed E-state index contributed by atoms with van der Waals surface area (Å²) in [5.41, 5.74) is 1.11. The highest BCUT2D eigenvalue weighted by Gasteiger charge is 2.16. The van der Waals surface area contributed by atoms with E-state index < -0.39 is 0 Å². The van der Waals surface area contributed by atoms with Gasteiger partial charge in [0.15, 0.2) is 0 Å². The van der Waals surface area contributed by atoms with Crippen LogP contribution < -0.4 is 0 Å². The number of likely N-dealkylation sites (N-methyl/N-ethyl adjacent to an activating group) is 1. The zero-order valence-electron chi connectivity index (χ0n) is 10.9. The molecule has 1 heterocycles. The highest BCUT2D eigenvalue weighted by Crippen LogP contribution is 2.22. The number of hydrogen-bond acceptors (Lipinski definition) is 3. The second-order valence-electron chi connectivity index (χ2n) is 4.50. The molecule has 2 aromatic rings. The van der Waals surface area contributed by atoms with Crippen molar-refractivity contribution in [1.29, 1.82) is 0 Å². The van der Waals surface area contributed by atoms with Crippen LogP contribution in [-0.2, 0) is 6.54 Å². The molecular weight excluding hydrogens is 306 g/mol.